The third-order valence-electron chi connectivity index (χ3n) is 3.80. The minimum absolute atomic E-state index is 0.421. The second kappa shape index (κ2) is 5.07. The summed E-state index contributed by atoms with van der Waals surface area (Å²) in [4.78, 5) is 0. The molecule has 1 aliphatic heterocycles. The molecule has 2 atom stereocenters. The molecule has 1 N–H and O–H groups in total. The van der Waals surface area contributed by atoms with Gasteiger partial charge in [0.2, 0.25) is 0 Å². The maximum atomic E-state index is 6.28. The van der Waals surface area contributed by atoms with Gasteiger partial charge in [-0.05, 0) is 42.7 Å². The molecular weight excluding hydrogens is 277 g/mol. The lowest BCUT2D eigenvalue weighted by Gasteiger charge is -2.17. The lowest BCUT2D eigenvalue weighted by atomic mass is 9.89. The smallest absolute Gasteiger partial charge is 0.0453 e. The Balaban J connectivity index is 1.91. The number of nitrogens with one attached hydrogen (secondary N) is 1. The van der Waals surface area contributed by atoms with E-state index in [9.17, 15) is 0 Å². The van der Waals surface area contributed by atoms with E-state index < -0.39 is 0 Å². The Bertz CT molecular complexity index is 609. The van der Waals surface area contributed by atoms with Crippen molar-refractivity contribution in [1.29, 1.82) is 0 Å². The van der Waals surface area contributed by atoms with Crippen LogP contribution in [0.25, 0.3) is 0 Å². The molecule has 0 fully saturated rings. The first-order chi connectivity index (χ1) is 9.15. The van der Waals surface area contributed by atoms with Gasteiger partial charge in [-0.15, -0.1) is 0 Å². The second-order valence-corrected chi connectivity index (χ2v) is 5.91. The molecule has 0 saturated heterocycles. The van der Waals surface area contributed by atoms with Crippen molar-refractivity contribution in [3.8, 4) is 0 Å². The van der Waals surface area contributed by atoms with E-state index in [1.807, 2.05) is 18.2 Å². The number of hydrogen-bond donors (Lipinski definition) is 1. The molecule has 0 spiro atoms. The Kier molecular flexibility index (Phi) is 3.42. The highest BCUT2D eigenvalue weighted by molar-refractivity contribution is 6.35. The summed E-state index contributed by atoms with van der Waals surface area (Å²) in [5, 5.41) is 4.97. The number of halogens is 2. The summed E-state index contributed by atoms with van der Waals surface area (Å²) < 4.78 is 0. The summed E-state index contributed by atoms with van der Waals surface area (Å²) >= 11 is 12.2. The van der Waals surface area contributed by atoms with Gasteiger partial charge in [0.15, 0.2) is 0 Å². The van der Waals surface area contributed by atoms with Gasteiger partial charge in [-0.25, -0.2) is 0 Å². The van der Waals surface area contributed by atoms with Crippen LogP contribution in [-0.2, 0) is 6.42 Å². The van der Waals surface area contributed by atoms with Gasteiger partial charge in [-0.2, -0.15) is 0 Å². The van der Waals surface area contributed by atoms with Crippen LogP contribution in [0.5, 0.6) is 0 Å². The van der Waals surface area contributed by atoms with E-state index in [1.165, 1.54) is 11.3 Å². The Labute approximate surface area is 123 Å². The largest absolute Gasteiger partial charge is 0.382 e. The number of para-hydroxylation sites is 1. The molecule has 0 radical (unpaired) electrons. The van der Waals surface area contributed by atoms with Crippen LogP contribution in [-0.4, -0.2) is 6.04 Å². The van der Waals surface area contributed by atoms with Crippen molar-refractivity contribution in [3.63, 3.8) is 0 Å². The number of hydrogen-bond acceptors (Lipinski definition) is 1. The molecule has 3 heteroatoms. The van der Waals surface area contributed by atoms with Crippen molar-refractivity contribution in [2.75, 3.05) is 5.32 Å². The molecule has 2 unspecified atom stereocenters. The van der Waals surface area contributed by atoms with Gasteiger partial charge in [0.05, 0.1) is 0 Å². The topological polar surface area (TPSA) is 12.0 Å². The van der Waals surface area contributed by atoms with E-state index in [4.69, 9.17) is 23.2 Å². The minimum atomic E-state index is 0.421. The zero-order valence-electron chi connectivity index (χ0n) is 10.7. The zero-order chi connectivity index (χ0) is 13.4. The molecule has 2 aromatic carbocycles. The molecule has 1 aliphatic rings. The van der Waals surface area contributed by atoms with Crippen LogP contribution in [0.1, 0.15) is 24.0 Å². The third-order valence-corrected chi connectivity index (χ3v) is 4.39. The van der Waals surface area contributed by atoms with Gasteiger partial charge in [-0.1, -0.05) is 47.5 Å². The fourth-order valence-electron chi connectivity index (χ4n) is 2.78. The van der Waals surface area contributed by atoms with Crippen LogP contribution in [0.2, 0.25) is 10.0 Å². The average Bonchev–Trinajstić information content (AvgIpc) is 2.69. The molecule has 0 amide bonds. The number of rotatable bonds is 2. The first kappa shape index (κ1) is 12.8. The molecule has 0 aromatic heterocycles. The highest BCUT2D eigenvalue weighted by atomic mass is 35.5. The molecule has 3 rings (SSSR count). The molecule has 1 nitrogen and oxygen atoms in total. The van der Waals surface area contributed by atoms with Crippen molar-refractivity contribution >= 4 is 28.9 Å². The molecule has 98 valence electrons. The van der Waals surface area contributed by atoms with Crippen LogP contribution in [0.4, 0.5) is 5.69 Å². The fourth-order valence-corrected chi connectivity index (χ4v) is 3.26. The Hall–Kier alpha value is -1.18. The molecule has 0 aliphatic carbocycles. The highest BCUT2D eigenvalue weighted by Crippen LogP contribution is 2.38. The normalized spacial score (nSPS) is 21.0. The number of fused-ring (bicyclic) bond motifs is 1. The summed E-state index contributed by atoms with van der Waals surface area (Å²) in [6.07, 6.45) is 0.932. The van der Waals surface area contributed by atoms with E-state index in [0.717, 1.165) is 17.0 Å². The van der Waals surface area contributed by atoms with Gasteiger partial charge in [0, 0.05) is 27.7 Å². The van der Waals surface area contributed by atoms with Crippen LogP contribution >= 0.6 is 23.2 Å². The molecular formula is C16H15Cl2N. The first-order valence-electron chi connectivity index (χ1n) is 6.44. The Morgan fingerprint density at radius 3 is 2.68 bits per heavy atom. The maximum Gasteiger partial charge on any atom is 0.0453 e. The van der Waals surface area contributed by atoms with Gasteiger partial charge in [0.25, 0.3) is 0 Å². The van der Waals surface area contributed by atoms with Crippen LogP contribution in [0.3, 0.4) is 0 Å². The molecule has 0 saturated carbocycles. The van der Waals surface area contributed by atoms with Gasteiger partial charge >= 0.3 is 0 Å². The summed E-state index contributed by atoms with van der Waals surface area (Å²) in [6.45, 7) is 2.22. The highest BCUT2D eigenvalue weighted by Gasteiger charge is 2.28. The second-order valence-electron chi connectivity index (χ2n) is 5.07. The zero-order valence-corrected chi connectivity index (χ0v) is 12.2. The SMILES string of the molecule is CC1Nc2ccccc2C1Cc1ccc(Cl)cc1Cl. The molecule has 1 heterocycles. The van der Waals surface area contributed by atoms with Crippen molar-refractivity contribution in [2.45, 2.75) is 25.3 Å². The summed E-state index contributed by atoms with van der Waals surface area (Å²) in [5.74, 6) is 0.454. The standard InChI is InChI=1S/C16H15Cl2N/c1-10-14(13-4-2-3-5-16(13)19-10)8-11-6-7-12(17)9-15(11)18/h2-7,9-10,14,19H,8H2,1H3. The molecule has 19 heavy (non-hydrogen) atoms. The lowest BCUT2D eigenvalue weighted by Crippen LogP contribution is -2.18. The van der Waals surface area contributed by atoms with Crippen molar-refractivity contribution in [3.05, 3.63) is 63.6 Å². The maximum absolute atomic E-state index is 6.28. The Morgan fingerprint density at radius 2 is 1.89 bits per heavy atom. The molecule has 2 aromatic rings. The van der Waals surface area contributed by atoms with Crippen molar-refractivity contribution in [1.82, 2.24) is 0 Å². The lowest BCUT2D eigenvalue weighted by molar-refractivity contribution is 0.629. The fraction of sp³-hybridized carbons (Fsp3) is 0.250. The number of anilines is 1. The van der Waals surface area contributed by atoms with E-state index >= 15 is 0 Å². The Morgan fingerprint density at radius 1 is 1.11 bits per heavy atom. The van der Waals surface area contributed by atoms with Crippen molar-refractivity contribution in [2.24, 2.45) is 0 Å². The minimum Gasteiger partial charge on any atom is -0.382 e. The van der Waals surface area contributed by atoms with E-state index in [-0.39, 0.29) is 0 Å². The van der Waals surface area contributed by atoms with Gasteiger partial charge in [0.1, 0.15) is 0 Å². The van der Waals surface area contributed by atoms with E-state index in [1.54, 1.807) is 0 Å². The van der Waals surface area contributed by atoms with Gasteiger partial charge < -0.3 is 5.32 Å². The van der Waals surface area contributed by atoms with Crippen LogP contribution in [0.15, 0.2) is 42.5 Å². The quantitative estimate of drug-likeness (QED) is 0.808. The first-order valence-corrected chi connectivity index (χ1v) is 7.20. The number of benzene rings is 2. The van der Waals surface area contributed by atoms with E-state index in [2.05, 4.69) is 36.5 Å². The average molecular weight is 292 g/mol. The predicted molar refractivity (Wildman–Crippen MR) is 82.4 cm³/mol. The monoisotopic (exact) mass is 291 g/mol. The summed E-state index contributed by atoms with van der Waals surface area (Å²) in [6, 6.07) is 14.7. The van der Waals surface area contributed by atoms with Crippen LogP contribution in [0, 0.1) is 0 Å². The third kappa shape index (κ3) is 2.45. The van der Waals surface area contributed by atoms with Crippen molar-refractivity contribution < 1.29 is 0 Å². The van der Waals surface area contributed by atoms with Gasteiger partial charge in [-0.3, -0.25) is 0 Å². The molecule has 0 bridgehead atoms. The summed E-state index contributed by atoms with van der Waals surface area (Å²) in [7, 11) is 0. The predicted octanol–water partition coefficient (Wildman–Crippen LogP) is 5.13. The van der Waals surface area contributed by atoms with E-state index in [0.29, 0.717) is 17.0 Å². The summed E-state index contributed by atoms with van der Waals surface area (Å²) in [5.41, 5.74) is 3.77. The van der Waals surface area contributed by atoms with Crippen LogP contribution < -0.4 is 5.32 Å².